The Morgan fingerprint density at radius 1 is 1.15 bits per heavy atom. The van der Waals surface area contributed by atoms with Crippen LogP contribution in [0.15, 0.2) is 42.6 Å². The van der Waals surface area contributed by atoms with Gasteiger partial charge in [-0.25, -0.2) is 4.98 Å². The van der Waals surface area contributed by atoms with Gasteiger partial charge in [-0.05, 0) is 24.3 Å². The van der Waals surface area contributed by atoms with Crippen LogP contribution < -0.4 is 20.1 Å². The Balaban J connectivity index is 1.78. The van der Waals surface area contributed by atoms with Crippen LogP contribution in [0.2, 0.25) is 5.02 Å². The molecule has 4 heterocycles. The molecule has 8 nitrogen and oxygen atoms in total. The van der Waals surface area contributed by atoms with Gasteiger partial charge in [0.2, 0.25) is 5.88 Å². The van der Waals surface area contributed by atoms with Crippen LogP contribution in [-0.4, -0.2) is 41.6 Å². The zero-order valence-corrected chi connectivity index (χ0v) is 19.1. The number of hydrogen-bond donors (Lipinski definition) is 3. The SMILES string of the molecule is COc1ccc2nccc(-c3[nH]c4c(c3Nc3cccc(Cl)c3OC)C(=O)NCC4C)c2n1. The molecule has 0 saturated carbocycles. The number of aromatic amines is 1. The minimum Gasteiger partial charge on any atom is -0.493 e. The summed E-state index contributed by atoms with van der Waals surface area (Å²) < 4.78 is 10.9. The van der Waals surface area contributed by atoms with E-state index >= 15 is 0 Å². The van der Waals surface area contributed by atoms with Crippen molar-refractivity contribution in [2.24, 2.45) is 0 Å². The van der Waals surface area contributed by atoms with E-state index in [0.717, 1.165) is 17.0 Å². The van der Waals surface area contributed by atoms with Gasteiger partial charge in [0.1, 0.15) is 5.52 Å². The number of carbonyl (C=O) groups excluding carboxylic acids is 1. The molecule has 0 radical (unpaired) electrons. The van der Waals surface area contributed by atoms with Crippen LogP contribution in [0.5, 0.6) is 11.6 Å². The van der Waals surface area contributed by atoms with Gasteiger partial charge in [-0.2, -0.15) is 0 Å². The molecule has 1 aromatic carbocycles. The Labute approximate surface area is 195 Å². The van der Waals surface area contributed by atoms with Gasteiger partial charge >= 0.3 is 0 Å². The van der Waals surface area contributed by atoms with Gasteiger partial charge < -0.3 is 25.1 Å². The lowest BCUT2D eigenvalue weighted by Crippen LogP contribution is -2.33. The Kier molecular flexibility index (Phi) is 5.30. The minimum atomic E-state index is -0.155. The standard InChI is InChI=1S/C24H22ClN5O3/c1-12-11-27-24(31)18-19(12)30-21(22(18)28-16-6-4-5-14(25)23(16)33-3)13-9-10-26-15-7-8-17(32-2)29-20(13)15/h4-10,12,28,30H,11H2,1-3H3,(H,27,31). The quantitative estimate of drug-likeness (QED) is 0.389. The maximum absolute atomic E-state index is 13.0. The molecule has 1 unspecified atom stereocenters. The molecule has 5 rings (SSSR count). The third-order valence-electron chi connectivity index (χ3n) is 5.79. The summed E-state index contributed by atoms with van der Waals surface area (Å²) in [6, 6.07) is 10.9. The molecule has 0 fully saturated rings. The molecule has 33 heavy (non-hydrogen) atoms. The zero-order valence-electron chi connectivity index (χ0n) is 18.3. The van der Waals surface area contributed by atoms with Crippen molar-refractivity contribution in [3.63, 3.8) is 0 Å². The van der Waals surface area contributed by atoms with Gasteiger partial charge in [-0.3, -0.25) is 9.78 Å². The largest absolute Gasteiger partial charge is 0.493 e. The number of aromatic nitrogens is 3. The number of H-pyrrole nitrogens is 1. The molecular formula is C24H22ClN5O3. The molecule has 1 aliphatic rings. The molecule has 0 saturated heterocycles. The molecule has 0 bridgehead atoms. The molecule has 0 aliphatic carbocycles. The molecule has 1 amide bonds. The fourth-order valence-electron chi connectivity index (χ4n) is 4.16. The van der Waals surface area contributed by atoms with E-state index in [1.807, 2.05) is 24.3 Å². The topological polar surface area (TPSA) is 101 Å². The predicted octanol–water partition coefficient (Wildman–Crippen LogP) is 4.89. The Morgan fingerprint density at radius 2 is 2.00 bits per heavy atom. The van der Waals surface area contributed by atoms with Crippen LogP contribution >= 0.6 is 11.6 Å². The van der Waals surface area contributed by atoms with Crippen LogP contribution in [0.25, 0.3) is 22.3 Å². The van der Waals surface area contributed by atoms with Crippen LogP contribution in [0.4, 0.5) is 11.4 Å². The minimum absolute atomic E-state index is 0.101. The van der Waals surface area contributed by atoms with E-state index in [9.17, 15) is 4.79 Å². The van der Waals surface area contributed by atoms with Crippen molar-refractivity contribution in [2.75, 3.05) is 26.1 Å². The van der Waals surface area contributed by atoms with E-state index in [1.54, 1.807) is 32.5 Å². The van der Waals surface area contributed by atoms with E-state index in [0.29, 0.717) is 51.2 Å². The van der Waals surface area contributed by atoms with Crippen molar-refractivity contribution in [3.05, 3.63) is 58.9 Å². The summed E-state index contributed by atoms with van der Waals surface area (Å²) in [7, 11) is 3.13. The van der Waals surface area contributed by atoms with Gasteiger partial charge in [0.15, 0.2) is 5.75 Å². The normalized spacial score (nSPS) is 15.2. The number of carbonyl (C=O) groups is 1. The first-order valence-electron chi connectivity index (χ1n) is 10.5. The van der Waals surface area contributed by atoms with E-state index in [2.05, 4.69) is 32.5 Å². The summed E-state index contributed by atoms with van der Waals surface area (Å²) in [5.74, 6) is 0.913. The monoisotopic (exact) mass is 463 g/mol. The van der Waals surface area contributed by atoms with Crippen molar-refractivity contribution in [1.82, 2.24) is 20.3 Å². The van der Waals surface area contributed by atoms with Gasteiger partial charge in [0.05, 0.1) is 47.4 Å². The number of nitrogens with zero attached hydrogens (tertiary/aromatic N) is 2. The van der Waals surface area contributed by atoms with E-state index in [-0.39, 0.29) is 11.8 Å². The lowest BCUT2D eigenvalue weighted by atomic mass is 9.98. The molecule has 1 atom stereocenters. The number of fused-ring (bicyclic) bond motifs is 2. The third-order valence-corrected chi connectivity index (χ3v) is 6.08. The van der Waals surface area contributed by atoms with Crippen molar-refractivity contribution in [3.8, 4) is 22.9 Å². The van der Waals surface area contributed by atoms with Crippen molar-refractivity contribution in [2.45, 2.75) is 12.8 Å². The van der Waals surface area contributed by atoms with Gasteiger partial charge in [0.25, 0.3) is 5.91 Å². The number of halogens is 1. The highest BCUT2D eigenvalue weighted by atomic mass is 35.5. The van der Waals surface area contributed by atoms with Crippen LogP contribution in [-0.2, 0) is 0 Å². The first-order chi connectivity index (χ1) is 16.0. The number of para-hydroxylation sites is 1. The highest BCUT2D eigenvalue weighted by molar-refractivity contribution is 6.32. The van der Waals surface area contributed by atoms with E-state index in [1.165, 1.54) is 0 Å². The van der Waals surface area contributed by atoms with Crippen LogP contribution in [0, 0.1) is 0 Å². The third kappa shape index (κ3) is 3.52. The number of nitrogens with one attached hydrogen (secondary N) is 3. The molecule has 9 heteroatoms. The lowest BCUT2D eigenvalue weighted by molar-refractivity contribution is 0.0942. The molecule has 168 valence electrons. The second-order valence-electron chi connectivity index (χ2n) is 7.80. The number of hydrogen-bond acceptors (Lipinski definition) is 6. The molecule has 3 N–H and O–H groups in total. The smallest absolute Gasteiger partial charge is 0.255 e. The lowest BCUT2D eigenvalue weighted by Gasteiger charge is -2.20. The average molecular weight is 464 g/mol. The zero-order chi connectivity index (χ0) is 23.1. The maximum atomic E-state index is 13.0. The fourth-order valence-corrected chi connectivity index (χ4v) is 4.41. The molecule has 1 aliphatic heterocycles. The Hall–Kier alpha value is -3.78. The van der Waals surface area contributed by atoms with Crippen LogP contribution in [0.1, 0.15) is 28.9 Å². The molecule has 4 aromatic rings. The molecule has 0 spiro atoms. The highest BCUT2D eigenvalue weighted by Gasteiger charge is 2.31. The maximum Gasteiger partial charge on any atom is 0.255 e. The van der Waals surface area contributed by atoms with Gasteiger partial charge in [-0.1, -0.05) is 24.6 Å². The van der Waals surface area contributed by atoms with E-state index < -0.39 is 0 Å². The number of methoxy groups -OCH3 is 2. The second-order valence-corrected chi connectivity index (χ2v) is 8.21. The fraction of sp³-hybridized carbons (Fsp3) is 0.208. The summed E-state index contributed by atoms with van der Waals surface area (Å²) in [5, 5.41) is 6.84. The van der Waals surface area contributed by atoms with Crippen molar-refractivity contribution in [1.29, 1.82) is 0 Å². The van der Waals surface area contributed by atoms with Crippen molar-refractivity contribution >= 4 is 39.9 Å². The number of amides is 1. The summed E-state index contributed by atoms with van der Waals surface area (Å²) in [6.07, 6.45) is 1.72. The summed E-state index contributed by atoms with van der Waals surface area (Å²) in [5.41, 5.74) is 5.55. The highest BCUT2D eigenvalue weighted by Crippen LogP contribution is 2.43. The summed E-state index contributed by atoms with van der Waals surface area (Å²) in [6.45, 7) is 2.61. The number of anilines is 2. The molecule has 3 aromatic heterocycles. The molecular weight excluding hydrogens is 442 g/mol. The van der Waals surface area contributed by atoms with Gasteiger partial charge in [0, 0.05) is 36.0 Å². The predicted molar refractivity (Wildman–Crippen MR) is 128 cm³/mol. The van der Waals surface area contributed by atoms with E-state index in [4.69, 9.17) is 21.1 Å². The van der Waals surface area contributed by atoms with Crippen molar-refractivity contribution < 1.29 is 14.3 Å². The first-order valence-corrected chi connectivity index (χ1v) is 10.8. The summed E-state index contributed by atoms with van der Waals surface area (Å²) in [4.78, 5) is 25.6. The number of rotatable bonds is 5. The second kappa shape index (κ2) is 8.29. The number of ether oxygens (including phenoxy) is 2. The number of benzene rings is 1. The van der Waals surface area contributed by atoms with Gasteiger partial charge in [-0.15, -0.1) is 0 Å². The first kappa shape index (κ1) is 21.1. The Morgan fingerprint density at radius 3 is 2.79 bits per heavy atom. The summed E-state index contributed by atoms with van der Waals surface area (Å²) >= 11 is 6.35. The van der Waals surface area contributed by atoms with Crippen LogP contribution in [0.3, 0.4) is 0 Å². The Bertz CT molecular complexity index is 1380. The number of pyridine rings is 2. The average Bonchev–Trinajstić information content (AvgIpc) is 3.21.